The van der Waals surface area contributed by atoms with Gasteiger partial charge in [0.15, 0.2) is 0 Å². The summed E-state index contributed by atoms with van der Waals surface area (Å²) in [5.74, 6) is 0. The van der Waals surface area contributed by atoms with Crippen molar-refractivity contribution in [3.05, 3.63) is 30.1 Å². The average Bonchev–Trinajstić information content (AvgIpc) is 2.28. The third-order valence-electron chi connectivity index (χ3n) is 2.68. The number of hydrogen-bond acceptors (Lipinski definition) is 3. The number of nitrogens with two attached hydrogens (primary N) is 1. The Bertz CT molecular complexity index is 274. The maximum atomic E-state index is 6.00. The summed E-state index contributed by atoms with van der Waals surface area (Å²) in [5, 5.41) is 0. The smallest absolute Gasteiger partial charge is 0.0416 e. The Kier molecular flexibility index (Phi) is 6.04. The molecule has 3 heteroatoms. The summed E-state index contributed by atoms with van der Waals surface area (Å²) in [7, 11) is 2.12. The molecular weight excluding hydrogens is 198 g/mol. The zero-order chi connectivity index (χ0) is 11.8. The van der Waals surface area contributed by atoms with Gasteiger partial charge in [-0.2, -0.15) is 0 Å². The fraction of sp³-hybridized carbons (Fsp3) is 0.615. The fourth-order valence-corrected chi connectivity index (χ4v) is 1.81. The quantitative estimate of drug-likeness (QED) is 0.762. The number of likely N-dealkylation sites (N-methyl/N-ethyl adjacent to an activating group) is 1. The van der Waals surface area contributed by atoms with E-state index in [9.17, 15) is 0 Å². The zero-order valence-electron chi connectivity index (χ0n) is 10.4. The van der Waals surface area contributed by atoms with Gasteiger partial charge in [-0.25, -0.2) is 0 Å². The van der Waals surface area contributed by atoms with E-state index in [2.05, 4.69) is 29.9 Å². The summed E-state index contributed by atoms with van der Waals surface area (Å²) >= 11 is 0. The second-order valence-electron chi connectivity index (χ2n) is 4.38. The van der Waals surface area contributed by atoms with Crippen LogP contribution in [0.4, 0.5) is 0 Å². The molecule has 0 saturated heterocycles. The van der Waals surface area contributed by atoms with E-state index in [-0.39, 0.29) is 0 Å². The topological polar surface area (TPSA) is 42.1 Å². The summed E-state index contributed by atoms with van der Waals surface area (Å²) in [4.78, 5) is 6.59. The Hall–Kier alpha value is -0.930. The minimum Gasteiger partial charge on any atom is -0.327 e. The molecule has 1 rings (SSSR count). The van der Waals surface area contributed by atoms with Crippen LogP contribution in [0.1, 0.15) is 25.5 Å². The van der Waals surface area contributed by atoms with Crippen LogP contribution in [0.25, 0.3) is 0 Å². The molecule has 1 unspecified atom stereocenters. The van der Waals surface area contributed by atoms with Crippen LogP contribution in [0.3, 0.4) is 0 Å². The Morgan fingerprint density at radius 3 is 2.88 bits per heavy atom. The van der Waals surface area contributed by atoms with E-state index in [0.29, 0.717) is 6.04 Å². The molecule has 1 aromatic rings. The number of aromatic nitrogens is 1. The first kappa shape index (κ1) is 13.1. The van der Waals surface area contributed by atoms with E-state index in [1.165, 1.54) is 0 Å². The monoisotopic (exact) mass is 221 g/mol. The van der Waals surface area contributed by atoms with Gasteiger partial charge in [0, 0.05) is 37.4 Å². The van der Waals surface area contributed by atoms with Crippen molar-refractivity contribution in [3.63, 3.8) is 0 Å². The van der Waals surface area contributed by atoms with Crippen molar-refractivity contribution in [1.82, 2.24) is 9.88 Å². The molecule has 0 amide bonds. The van der Waals surface area contributed by atoms with E-state index in [4.69, 9.17) is 5.73 Å². The van der Waals surface area contributed by atoms with Crippen LogP contribution in [-0.4, -0.2) is 36.1 Å². The van der Waals surface area contributed by atoms with E-state index < -0.39 is 0 Å². The van der Waals surface area contributed by atoms with Crippen molar-refractivity contribution in [3.8, 4) is 0 Å². The number of hydrogen-bond donors (Lipinski definition) is 1. The van der Waals surface area contributed by atoms with E-state index in [0.717, 1.165) is 38.0 Å². The molecule has 0 saturated carbocycles. The van der Waals surface area contributed by atoms with Gasteiger partial charge in [0.1, 0.15) is 0 Å². The molecule has 0 aliphatic heterocycles. The summed E-state index contributed by atoms with van der Waals surface area (Å²) in [6.07, 6.45) is 5.11. The van der Waals surface area contributed by atoms with Crippen molar-refractivity contribution >= 4 is 0 Å². The SMILES string of the molecule is CCCC(N)CN(C)CCc1ccccn1. The lowest BCUT2D eigenvalue weighted by Crippen LogP contribution is -2.36. The second kappa shape index (κ2) is 7.36. The zero-order valence-corrected chi connectivity index (χ0v) is 10.4. The Labute approximate surface area is 98.7 Å². The minimum absolute atomic E-state index is 0.304. The molecule has 0 aromatic carbocycles. The molecule has 1 heterocycles. The van der Waals surface area contributed by atoms with E-state index in [1.54, 1.807) is 0 Å². The van der Waals surface area contributed by atoms with Crippen LogP contribution in [0, 0.1) is 0 Å². The molecule has 0 spiro atoms. The fourth-order valence-electron chi connectivity index (χ4n) is 1.81. The van der Waals surface area contributed by atoms with Crippen LogP contribution < -0.4 is 5.73 Å². The molecule has 1 aromatic heterocycles. The molecule has 0 aliphatic rings. The third kappa shape index (κ3) is 5.24. The highest BCUT2D eigenvalue weighted by atomic mass is 15.1. The molecule has 0 bridgehead atoms. The first-order valence-electron chi connectivity index (χ1n) is 6.06. The second-order valence-corrected chi connectivity index (χ2v) is 4.38. The van der Waals surface area contributed by atoms with Gasteiger partial charge in [-0.3, -0.25) is 4.98 Å². The van der Waals surface area contributed by atoms with Gasteiger partial charge in [0.25, 0.3) is 0 Å². The van der Waals surface area contributed by atoms with Crippen LogP contribution in [0.15, 0.2) is 24.4 Å². The van der Waals surface area contributed by atoms with Gasteiger partial charge < -0.3 is 10.6 Å². The summed E-state index contributed by atoms with van der Waals surface area (Å²) in [5.41, 5.74) is 7.15. The molecule has 16 heavy (non-hydrogen) atoms. The van der Waals surface area contributed by atoms with Crippen LogP contribution in [-0.2, 0) is 6.42 Å². The summed E-state index contributed by atoms with van der Waals surface area (Å²) in [6.45, 7) is 4.17. The molecule has 1 atom stereocenters. The van der Waals surface area contributed by atoms with Gasteiger partial charge in [0.2, 0.25) is 0 Å². The first-order chi connectivity index (χ1) is 7.72. The molecule has 90 valence electrons. The van der Waals surface area contributed by atoms with E-state index >= 15 is 0 Å². The standard InChI is InChI=1S/C13H23N3/c1-3-6-12(14)11-16(2)10-8-13-7-4-5-9-15-13/h4-5,7,9,12H,3,6,8,10-11,14H2,1-2H3. The van der Waals surface area contributed by atoms with Crippen molar-refractivity contribution in [1.29, 1.82) is 0 Å². The molecular formula is C13H23N3. The minimum atomic E-state index is 0.304. The predicted molar refractivity (Wildman–Crippen MR) is 68.3 cm³/mol. The van der Waals surface area contributed by atoms with Gasteiger partial charge in [-0.15, -0.1) is 0 Å². The van der Waals surface area contributed by atoms with E-state index in [1.807, 2.05) is 18.3 Å². The number of pyridine rings is 1. The predicted octanol–water partition coefficient (Wildman–Crippen LogP) is 1.68. The first-order valence-corrected chi connectivity index (χ1v) is 6.06. The number of nitrogens with zero attached hydrogens (tertiary/aromatic N) is 2. The van der Waals surface area contributed by atoms with Gasteiger partial charge in [-0.05, 0) is 25.6 Å². The molecule has 0 fully saturated rings. The van der Waals surface area contributed by atoms with Crippen molar-refractivity contribution < 1.29 is 0 Å². The third-order valence-corrected chi connectivity index (χ3v) is 2.68. The lowest BCUT2D eigenvalue weighted by Gasteiger charge is -2.20. The highest BCUT2D eigenvalue weighted by molar-refractivity contribution is 5.03. The maximum absolute atomic E-state index is 6.00. The largest absolute Gasteiger partial charge is 0.327 e. The molecule has 0 aliphatic carbocycles. The highest BCUT2D eigenvalue weighted by Crippen LogP contribution is 1.99. The van der Waals surface area contributed by atoms with Crippen LogP contribution >= 0.6 is 0 Å². The molecule has 2 N–H and O–H groups in total. The maximum Gasteiger partial charge on any atom is 0.0416 e. The molecule has 0 radical (unpaired) electrons. The van der Waals surface area contributed by atoms with Gasteiger partial charge in [-0.1, -0.05) is 19.4 Å². The van der Waals surface area contributed by atoms with Crippen LogP contribution in [0.2, 0.25) is 0 Å². The molecule has 3 nitrogen and oxygen atoms in total. The van der Waals surface area contributed by atoms with Gasteiger partial charge >= 0.3 is 0 Å². The Morgan fingerprint density at radius 1 is 1.44 bits per heavy atom. The Morgan fingerprint density at radius 2 is 2.25 bits per heavy atom. The van der Waals surface area contributed by atoms with Crippen molar-refractivity contribution in [2.45, 2.75) is 32.2 Å². The average molecular weight is 221 g/mol. The summed E-state index contributed by atoms with van der Waals surface area (Å²) < 4.78 is 0. The summed E-state index contributed by atoms with van der Waals surface area (Å²) in [6, 6.07) is 6.36. The highest BCUT2D eigenvalue weighted by Gasteiger charge is 2.05. The van der Waals surface area contributed by atoms with Gasteiger partial charge in [0.05, 0.1) is 0 Å². The lowest BCUT2D eigenvalue weighted by molar-refractivity contribution is 0.306. The number of rotatable bonds is 7. The van der Waals surface area contributed by atoms with Crippen LogP contribution in [0.5, 0.6) is 0 Å². The normalized spacial score (nSPS) is 13.0. The van der Waals surface area contributed by atoms with Crippen molar-refractivity contribution in [2.24, 2.45) is 5.73 Å². The Balaban J connectivity index is 2.22. The van der Waals surface area contributed by atoms with Crippen molar-refractivity contribution in [2.75, 3.05) is 20.1 Å². The lowest BCUT2D eigenvalue weighted by atomic mass is 10.1.